The van der Waals surface area contributed by atoms with Crippen molar-refractivity contribution in [2.24, 2.45) is 23.4 Å². The van der Waals surface area contributed by atoms with Gasteiger partial charge in [-0.15, -0.1) is 27.7 Å². The molecule has 0 atom stereocenters. The predicted octanol–water partition coefficient (Wildman–Crippen LogP) is 21.4. The summed E-state index contributed by atoms with van der Waals surface area (Å²) in [5.41, 5.74) is 16.2. The standard InChI is InChI=1S/C18H19N3O3.C14H15N3O5.C14H17N3O3.C11H18BNO3.C9H9BrN2O4.C9H10N2O4.C8H6FNO4.C6H10ClNO.C4H10.CH2Cl2.2ClH.Sn/c1-9-15(10(2)24-20-9)12-7-13(18(22)23-4)16-14(8-12)19-17(21(16)3)11-5-6-11;1-7-12(8(2)22-16-7)9-5-10(14(18)21-4)13(15-3)11(6-9)17(19)20;1-7-12(8(2)20-17-7)9-5-10(14(18)19-4)13(16-3)11(15)6-9;1-7-9(8(2)14-13-7)12-15-10(3,4)11(5,6)16-12;1-11-8-6(9(13)16-2)3-5(10)4-7(8)12(14)15;1-10-8-6(9(12)15-2)4-3-5-7(8)11(13)14;1-14-8(11)5-3-2-4-6(7(5)9)10(12)13;1-2-9-6(8-7)5-3-4-5;1-4(2)3;2-1-3;;;/h7-8,11H,5-6H2,1-4H3;5-6,15H,1-4H3;5-6,16H,15H2,1-4H3;1-6H3;3-4,11H,1-2H3;3-5,10H,1-2H3;2-4H,1H3;5H,2-4H2,1H3;4H,1-3H3;1H2;2*1H;/q;;;;;;;;;;;;+2/p-2. The zero-order valence-electron chi connectivity index (χ0n) is 85.3. The number of alkyl halides is 2. The number of anilines is 5. The molecule has 2 saturated carbocycles. The van der Waals surface area contributed by atoms with Gasteiger partial charge in [-0.1, -0.05) is 69.5 Å². The van der Waals surface area contributed by atoms with E-state index in [4.69, 9.17) is 110 Å². The molecule has 790 valence electrons. The molecule has 146 heavy (non-hydrogen) atoms. The Labute approximate surface area is 882 Å². The molecule has 6 heterocycles. The average molecular weight is 2310 g/mol. The maximum absolute atomic E-state index is 13.2. The molecule has 11 aromatic rings. The molecule has 52 heteroatoms. The number of esters is 6. The van der Waals surface area contributed by atoms with E-state index in [2.05, 4.69) is 97.3 Å². The zero-order valence-corrected chi connectivity index (χ0v) is 93.5. The Hall–Kier alpha value is -12.8. The van der Waals surface area contributed by atoms with E-state index in [1.807, 2.05) is 99.9 Å². The minimum absolute atomic E-state index is 0.0780. The summed E-state index contributed by atoms with van der Waals surface area (Å²) in [6.45, 7) is 31.8. The fourth-order valence-electron chi connectivity index (χ4n) is 13.9. The van der Waals surface area contributed by atoms with Gasteiger partial charge >= 0.3 is 85.4 Å². The van der Waals surface area contributed by atoms with E-state index < -0.39 is 85.5 Å². The van der Waals surface area contributed by atoms with Gasteiger partial charge in [-0.05, 0) is 187 Å². The number of ether oxygens (including phenoxy) is 7. The van der Waals surface area contributed by atoms with E-state index >= 15 is 0 Å². The van der Waals surface area contributed by atoms with Crippen molar-refractivity contribution in [2.75, 3.05) is 110 Å². The number of halogens is 7. The van der Waals surface area contributed by atoms with Gasteiger partial charge in [0.2, 0.25) is 11.7 Å². The summed E-state index contributed by atoms with van der Waals surface area (Å²) in [6, 6.07) is 20.6. The monoisotopic (exact) mass is 2300 g/mol. The number of imidazole rings is 1. The van der Waals surface area contributed by atoms with Crippen LogP contribution < -0.4 is 32.5 Å². The first kappa shape index (κ1) is 125. The molecular weight excluding hydrogens is 2190 g/mol. The summed E-state index contributed by atoms with van der Waals surface area (Å²) in [4.78, 5) is 115. The van der Waals surface area contributed by atoms with Crippen LogP contribution in [0.1, 0.15) is 201 Å². The Morgan fingerprint density at radius 2 is 0.877 bits per heavy atom. The molecule has 2 aliphatic carbocycles. The van der Waals surface area contributed by atoms with Crippen molar-refractivity contribution < 1.29 is 113 Å². The van der Waals surface area contributed by atoms with Gasteiger partial charge in [0.15, 0.2) is 0 Å². The number of hydrogen-bond acceptors (Lipinski definition) is 38. The summed E-state index contributed by atoms with van der Waals surface area (Å²) in [7, 11) is 25.1. The number of nitrogen functional groups attached to an aromatic ring is 1. The van der Waals surface area contributed by atoms with Gasteiger partial charge in [-0.3, -0.25) is 40.5 Å². The number of nitro groups is 4. The van der Waals surface area contributed by atoms with Crippen molar-refractivity contribution in [1.82, 2.24) is 30.2 Å². The van der Waals surface area contributed by atoms with Crippen molar-refractivity contribution in [3.63, 3.8) is 0 Å². The van der Waals surface area contributed by atoms with Crippen LogP contribution in [-0.2, 0) is 49.5 Å². The number of nitrogens with one attached hydrogen (secondary N) is 4. The molecule has 1 saturated heterocycles. The third-order valence-electron chi connectivity index (χ3n) is 21.4. The van der Waals surface area contributed by atoms with Gasteiger partial charge in [-0.25, -0.2) is 33.8 Å². The zero-order chi connectivity index (χ0) is 111. The van der Waals surface area contributed by atoms with E-state index in [0.29, 0.717) is 73.8 Å². The Balaban J connectivity index is 0.000000346. The number of carbonyl (C=O) groups excluding carboxylic acids is 6. The van der Waals surface area contributed by atoms with Crippen LogP contribution in [0.5, 0.6) is 0 Å². The number of fused-ring (bicyclic) bond motifs is 1. The molecule has 6 aromatic carbocycles. The summed E-state index contributed by atoms with van der Waals surface area (Å²) in [5.74, 6) is 1.46. The molecular formula is C94H116BBrCl5FN16O27Sn. The van der Waals surface area contributed by atoms with Crippen molar-refractivity contribution in [2.45, 2.75) is 154 Å². The van der Waals surface area contributed by atoms with Crippen LogP contribution in [0.25, 0.3) is 44.4 Å². The first-order chi connectivity index (χ1) is 68.8. The number of methoxy groups -OCH3 is 6. The van der Waals surface area contributed by atoms with E-state index in [1.54, 1.807) is 33.0 Å². The van der Waals surface area contributed by atoms with Gasteiger partial charge < -0.3 is 92.1 Å². The Bertz CT molecular complexity index is 6350. The van der Waals surface area contributed by atoms with Crippen LogP contribution in [0.2, 0.25) is 0 Å². The molecule has 0 spiro atoms. The van der Waals surface area contributed by atoms with Crippen LogP contribution in [0.15, 0.2) is 112 Å². The third-order valence-corrected chi connectivity index (χ3v) is 22.0. The topological polar surface area (TPSA) is 566 Å². The Morgan fingerprint density at radius 1 is 0.534 bits per heavy atom. The molecule has 0 bridgehead atoms. The van der Waals surface area contributed by atoms with Gasteiger partial charge in [0.05, 0.1) is 159 Å². The maximum atomic E-state index is 13.2. The molecule has 43 nitrogen and oxygen atoms in total. The first-order valence-corrected chi connectivity index (χ1v) is 53.4. The van der Waals surface area contributed by atoms with Gasteiger partial charge in [0.1, 0.15) is 51.5 Å². The quantitative estimate of drug-likeness (QED) is 0.00513. The van der Waals surface area contributed by atoms with Crippen LogP contribution in [0.3, 0.4) is 0 Å². The number of nitrogens with two attached hydrogens (primary N) is 1. The summed E-state index contributed by atoms with van der Waals surface area (Å²) in [5, 5.41) is 69.8. The van der Waals surface area contributed by atoms with Crippen LogP contribution in [0, 0.1) is 114 Å². The second-order valence-electron chi connectivity index (χ2n) is 32.7. The number of benzene rings is 6. The van der Waals surface area contributed by atoms with E-state index in [1.165, 1.54) is 118 Å². The number of carbonyl (C=O) groups is 6. The summed E-state index contributed by atoms with van der Waals surface area (Å²) in [6.07, 6.45) is 4.68. The number of hydrogen-bond donors (Lipinski definition) is 5. The minimum atomic E-state index is -1.18. The van der Waals surface area contributed by atoms with Gasteiger partial charge in [0.25, 0.3) is 17.1 Å². The number of aromatic nitrogens is 6. The predicted molar refractivity (Wildman–Crippen MR) is 559 cm³/mol. The van der Waals surface area contributed by atoms with Crippen LogP contribution >= 0.6 is 68.8 Å². The first-order valence-electron chi connectivity index (χ1n) is 43.9. The Morgan fingerprint density at radius 3 is 1.24 bits per heavy atom. The molecule has 6 N–H and O–H groups in total. The molecule has 5 aromatic heterocycles. The number of para-hydroxylation sites is 1. The van der Waals surface area contributed by atoms with Crippen molar-refractivity contribution in [1.29, 1.82) is 0 Å². The van der Waals surface area contributed by atoms with E-state index in [9.17, 15) is 73.6 Å². The number of aryl methyl sites for hydroxylation is 9. The van der Waals surface area contributed by atoms with E-state index in [0.717, 1.165) is 117 Å². The molecule has 0 amide bonds. The molecule has 3 fully saturated rings. The second kappa shape index (κ2) is 59.1. The number of nitro benzene ring substituents is 4. The molecule has 1 aliphatic heterocycles. The summed E-state index contributed by atoms with van der Waals surface area (Å²) >= 11 is 17.0. The second-order valence-corrected chi connectivity index (χ2v) is 38.9. The van der Waals surface area contributed by atoms with Crippen molar-refractivity contribution >= 4 is 204 Å². The summed E-state index contributed by atoms with van der Waals surface area (Å²) < 4.78 is 84.7. The number of rotatable bonds is 21. The van der Waals surface area contributed by atoms with Crippen LogP contribution in [-0.4, -0.2) is 212 Å². The molecule has 0 unspecified atom stereocenters. The fourth-order valence-corrected chi connectivity index (χ4v) is 14.5. The normalized spacial score (nSPS) is 12.5. The van der Waals surface area contributed by atoms with E-state index in [-0.39, 0.29) is 80.4 Å². The SMILES string of the molecule is CC(C)C.CCOC(=NCl)C1CC1.CNc1c(C(=O)OC)cc(-c2c(C)noc2C)cc1[N+](=O)[O-].CNc1c(C(=O)OC)cc(Br)cc1[N+](=O)[O-].CNc1c(C(=O)OC)cccc1[N+](=O)[O-].CNc1c(N)cc(-c2c(C)noc2C)cc1C(=O)OC.COC(=O)c1cc(-c2c(C)noc2C)cc2nc(C3CC3)n(C)c12.COC(=O)c1cccc([N+](=O)[O-])c1F.Cc1noc(C)c1B1OC(C)(C)C(C)(C)O1.ClCCl.[Cl][Sn][Cl]. The van der Waals surface area contributed by atoms with Crippen molar-refractivity contribution in [3.05, 3.63) is 221 Å². The van der Waals surface area contributed by atoms with Gasteiger partial charge in [-0.2, -0.15) is 4.39 Å². The fraction of sp³-hybridized carbons (Fsp3) is 0.404. The molecule has 3 aliphatic rings. The van der Waals surface area contributed by atoms with Crippen molar-refractivity contribution in [3.8, 4) is 33.4 Å². The number of nitrogens with zero attached hydrogens (tertiary/aromatic N) is 11. The average Bonchev–Trinajstić information content (AvgIpc) is 1.63. The van der Waals surface area contributed by atoms with Crippen LogP contribution in [0.4, 0.5) is 55.6 Å². The molecule has 14 rings (SSSR count). The Kier molecular flexibility index (Phi) is 50.8. The molecule has 2 radical (unpaired) electrons. The van der Waals surface area contributed by atoms with Gasteiger partial charge in [0, 0.05) is 110 Å². The third kappa shape index (κ3) is 33.6.